The number of nitrogens with zero attached hydrogens (tertiary/aromatic N) is 1. The predicted octanol–water partition coefficient (Wildman–Crippen LogP) is 1.37. The number of amides is 1. The molecule has 1 atom stereocenters. The van der Waals surface area contributed by atoms with Crippen LogP contribution in [0.1, 0.15) is 6.42 Å². The van der Waals surface area contributed by atoms with Gasteiger partial charge in [0.1, 0.15) is 16.9 Å². The molecule has 0 spiro atoms. The number of anilines is 1. The first kappa shape index (κ1) is 12.9. The molecule has 0 aromatic heterocycles. The summed E-state index contributed by atoms with van der Waals surface area (Å²) in [6.07, 6.45) is -0.531. The SMILES string of the molecule is O=C1CC(S(=O)(=O)F)CN1c1cc(F)cc(F)c1. The van der Waals surface area contributed by atoms with Crippen molar-refractivity contribution in [2.75, 3.05) is 11.4 Å². The van der Waals surface area contributed by atoms with E-state index in [0.717, 1.165) is 17.0 Å². The van der Waals surface area contributed by atoms with Gasteiger partial charge in [0.2, 0.25) is 5.91 Å². The van der Waals surface area contributed by atoms with Crippen LogP contribution in [0, 0.1) is 11.6 Å². The Morgan fingerprint density at radius 2 is 1.72 bits per heavy atom. The van der Waals surface area contributed by atoms with E-state index in [9.17, 15) is 25.9 Å². The van der Waals surface area contributed by atoms with Crippen LogP contribution < -0.4 is 4.90 Å². The number of hydrogen-bond acceptors (Lipinski definition) is 3. The average molecular weight is 279 g/mol. The molecule has 0 saturated carbocycles. The minimum Gasteiger partial charge on any atom is -0.311 e. The van der Waals surface area contributed by atoms with E-state index in [1.807, 2.05) is 0 Å². The van der Waals surface area contributed by atoms with Crippen molar-refractivity contribution < 1.29 is 25.9 Å². The normalized spacial score (nSPS) is 20.5. The van der Waals surface area contributed by atoms with Gasteiger partial charge in [-0.05, 0) is 12.1 Å². The highest BCUT2D eigenvalue weighted by atomic mass is 32.3. The summed E-state index contributed by atoms with van der Waals surface area (Å²) in [6.45, 7) is -0.444. The molecular formula is C10H8F3NO3S. The van der Waals surface area contributed by atoms with Gasteiger partial charge in [0.15, 0.2) is 0 Å². The van der Waals surface area contributed by atoms with Gasteiger partial charge >= 0.3 is 10.2 Å². The molecule has 8 heteroatoms. The van der Waals surface area contributed by atoms with Crippen LogP contribution in [0.4, 0.5) is 18.4 Å². The van der Waals surface area contributed by atoms with E-state index in [-0.39, 0.29) is 5.69 Å². The van der Waals surface area contributed by atoms with Crippen LogP contribution in [0.5, 0.6) is 0 Å². The number of carbonyl (C=O) groups excluding carboxylic acids is 1. The fourth-order valence-electron chi connectivity index (χ4n) is 1.81. The predicted molar refractivity (Wildman–Crippen MR) is 57.1 cm³/mol. The van der Waals surface area contributed by atoms with Crippen molar-refractivity contribution >= 4 is 21.8 Å². The van der Waals surface area contributed by atoms with Crippen molar-refractivity contribution in [3.05, 3.63) is 29.8 Å². The summed E-state index contributed by atoms with van der Waals surface area (Å²) in [5, 5.41) is -1.49. The van der Waals surface area contributed by atoms with Crippen molar-refractivity contribution in [3.8, 4) is 0 Å². The molecule has 1 aromatic rings. The second kappa shape index (κ2) is 4.27. The van der Waals surface area contributed by atoms with Gasteiger partial charge < -0.3 is 4.90 Å². The van der Waals surface area contributed by atoms with E-state index in [2.05, 4.69) is 0 Å². The van der Waals surface area contributed by atoms with Crippen LogP contribution in [0.3, 0.4) is 0 Å². The lowest BCUT2D eigenvalue weighted by atomic mass is 10.3. The van der Waals surface area contributed by atoms with Crippen molar-refractivity contribution in [3.63, 3.8) is 0 Å². The van der Waals surface area contributed by atoms with Crippen molar-refractivity contribution in [2.45, 2.75) is 11.7 Å². The third-order valence-electron chi connectivity index (χ3n) is 2.65. The lowest BCUT2D eigenvalue weighted by molar-refractivity contribution is -0.117. The minimum absolute atomic E-state index is 0.122. The highest BCUT2D eigenvalue weighted by Gasteiger charge is 2.39. The first-order chi connectivity index (χ1) is 8.27. The Balaban J connectivity index is 2.32. The molecule has 98 valence electrons. The van der Waals surface area contributed by atoms with Gasteiger partial charge in [-0.3, -0.25) is 4.79 Å². The summed E-state index contributed by atoms with van der Waals surface area (Å²) in [5.41, 5.74) is -0.122. The van der Waals surface area contributed by atoms with Gasteiger partial charge in [-0.1, -0.05) is 0 Å². The zero-order valence-electron chi connectivity index (χ0n) is 8.94. The smallest absolute Gasteiger partial charge is 0.307 e. The van der Waals surface area contributed by atoms with E-state index < -0.39 is 46.0 Å². The van der Waals surface area contributed by atoms with Gasteiger partial charge in [0.05, 0.1) is 0 Å². The monoisotopic (exact) mass is 279 g/mol. The van der Waals surface area contributed by atoms with Crippen molar-refractivity contribution in [1.29, 1.82) is 0 Å². The van der Waals surface area contributed by atoms with Gasteiger partial charge in [-0.15, -0.1) is 3.89 Å². The molecule has 1 fully saturated rings. The molecule has 0 radical (unpaired) electrons. The highest BCUT2D eigenvalue weighted by molar-refractivity contribution is 7.87. The van der Waals surface area contributed by atoms with Crippen LogP contribution in [0.25, 0.3) is 0 Å². The topological polar surface area (TPSA) is 54.5 Å². The maximum Gasteiger partial charge on any atom is 0.307 e. The van der Waals surface area contributed by atoms with Gasteiger partial charge in [-0.2, -0.15) is 8.42 Å². The van der Waals surface area contributed by atoms with E-state index >= 15 is 0 Å². The number of carbonyl (C=O) groups is 1. The molecule has 2 rings (SSSR count). The number of benzene rings is 1. The lowest BCUT2D eigenvalue weighted by Gasteiger charge is -2.16. The quantitative estimate of drug-likeness (QED) is 0.768. The molecule has 1 unspecified atom stereocenters. The summed E-state index contributed by atoms with van der Waals surface area (Å²) >= 11 is 0. The molecule has 1 aliphatic rings. The van der Waals surface area contributed by atoms with Crippen LogP contribution in [0.15, 0.2) is 18.2 Å². The zero-order chi connectivity index (χ0) is 13.5. The molecule has 1 heterocycles. The van der Waals surface area contributed by atoms with Crippen LogP contribution >= 0.6 is 0 Å². The molecule has 1 amide bonds. The summed E-state index contributed by atoms with van der Waals surface area (Å²) in [7, 11) is -4.85. The Morgan fingerprint density at radius 3 is 2.17 bits per heavy atom. The standard InChI is InChI=1S/C10H8F3NO3S/c11-6-1-7(12)3-8(2-6)14-5-9(4-10(14)15)18(13,16)17/h1-3,9H,4-5H2. The molecular weight excluding hydrogens is 271 g/mol. The fourth-order valence-corrected chi connectivity index (χ4v) is 2.48. The molecule has 1 aromatic carbocycles. The third kappa shape index (κ3) is 2.47. The van der Waals surface area contributed by atoms with Gasteiger partial charge in [0.25, 0.3) is 0 Å². The first-order valence-electron chi connectivity index (χ1n) is 4.97. The zero-order valence-corrected chi connectivity index (χ0v) is 9.75. The maximum absolute atomic E-state index is 13.0. The molecule has 0 bridgehead atoms. The summed E-state index contributed by atoms with van der Waals surface area (Å²) in [4.78, 5) is 12.4. The molecule has 1 saturated heterocycles. The summed E-state index contributed by atoms with van der Waals surface area (Å²) in [5.74, 6) is -2.49. The second-order valence-electron chi connectivity index (χ2n) is 3.93. The summed E-state index contributed by atoms with van der Waals surface area (Å²) < 4.78 is 60.1. The Kier molecular flexibility index (Phi) is 3.05. The van der Waals surface area contributed by atoms with Crippen molar-refractivity contribution in [2.24, 2.45) is 0 Å². The van der Waals surface area contributed by atoms with Crippen LogP contribution in [-0.4, -0.2) is 26.1 Å². The molecule has 0 aliphatic carbocycles. The Morgan fingerprint density at radius 1 is 1.17 bits per heavy atom. The lowest BCUT2D eigenvalue weighted by Crippen LogP contribution is -2.27. The number of rotatable bonds is 2. The van der Waals surface area contributed by atoms with E-state index in [0.29, 0.717) is 6.07 Å². The van der Waals surface area contributed by atoms with E-state index in [1.54, 1.807) is 0 Å². The third-order valence-corrected chi connectivity index (χ3v) is 3.76. The average Bonchev–Trinajstić information content (AvgIpc) is 2.58. The maximum atomic E-state index is 13.0. The highest BCUT2D eigenvalue weighted by Crippen LogP contribution is 2.27. The van der Waals surface area contributed by atoms with E-state index in [1.165, 1.54) is 0 Å². The van der Waals surface area contributed by atoms with Gasteiger partial charge in [-0.25, -0.2) is 8.78 Å². The van der Waals surface area contributed by atoms with Crippen LogP contribution in [-0.2, 0) is 15.0 Å². The first-order valence-corrected chi connectivity index (χ1v) is 6.42. The minimum atomic E-state index is -4.85. The van der Waals surface area contributed by atoms with Crippen molar-refractivity contribution in [1.82, 2.24) is 0 Å². The molecule has 18 heavy (non-hydrogen) atoms. The Hall–Kier alpha value is -1.57. The largest absolute Gasteiger partial charge is 0.311 e. The van der Waals surface area contributed by atoms with Gasteiger partial charge in [0, 0.05) is 24.7 Å². The molecule has 4 nitrogen and oxygen atoms in total. The molecule has 0 N–H and O–H groups in total. The number of hydrogen-bond donors (Lipinski definition) is 0. The van der Waals surface area contributed by atoms with Crippen LogP contribution in [0.2, 0.25) is 0 Å². The summed E-state index contributed by atoms with van der Waals surface area (Å²) in [6, 6.07) is 2.38. The Bertz CT molecular complexity index is 582. The number of halogens is 3. The Labute approximate surface area is 101 Å². The van der Waals surface area contributed by atoms with E-state index in [4.69, 9.17) is 0 Å². The second-order valence-corrected chi connectivity index (χ2v) is 5.55. The fraction of sp³-hybridized carbons (Fsp3) is 0.300. The molecule has 1 aliphatic heterocycles.